The van der Waals surface area contributed by atoms with Gasteiger partial charge in [-0.3, -0.25) is 10.1 Å². The van der Waals surface area contributed by atoms with Crippen LogP contribution in [0.5, 0.6) is 5.75 Å². The fourth-order valence-corrected chi connectivity index (χ4v) is 1.47. The van der Waals surface area contributed by atoms with E-state index in [4.69, 9.17) is 10.00 Å². The molecule has 1 aromatic rings. The Labute approximate surface area is 103 Å². The molecule has 2 unspecified atom stereocenters. The van der Waals surface area contributed by atoms with Crippen molar-refractivity contribution in [3.05, 3.63) is 33.9 Å². The van der Waals surface area contributed by atoms with Gasteiger partial charge in [-0.15, -0.1) is 0 Å². The SMILES string of the molecule is COc1cc([N+](=O)[O-])ccc1C(O)C(O)CC#N. The molecule has 7 nitrogen and oxygen atoms in total. The van der Waals surface area contributed by atoms with Crippen LogP contribution < -0.4 is 4.74 Å². The van der Waals surface area contributed by atoms with Crippen molar-refractivity contribution in [3.8, 4) is 11.8 Å². The highest BCUT2D eigenvalue weighted by Crippen LogP contribution is 2.31. The first-order valence-electron chi connectivity index (χ1n) is 5.06. The second-order valence-corrected chi connectivity index (χ2v) is 3.56. The molecule has 2 atom stereocenters. The summed E-state index contributed by atoms with van der Waals surface area (Å²) in [5.41, 5.74) is 0.0171. The number of benzene rings is 1. The van der Waals surface area contributed by atoms with Gasteiger partial charge in [0.05, 0.1) is 36.7 Å². The van der Waals surface area contributed by atoms with Gasteiger partial charge in [-0.1, -0.05) is 0 Å². The van der Waals surface area contributed by atoms with Crippen LogP contribution in [0.25, 0.3) is 0 Å². The number of nitro benzene ring substituents is 1. The van der Waals surface area contributed by atoms with Crippen LogP contribution in [0.2, 0.25) is 0 Å². The largest absolute Gasteiger partial charge is 0.496 e. The minimum atomic E-state index is -1.33. The molecule has 2 N–H and O–H groups in total. The summed E-state index contributed by atoms with van der Waals surface area (Å²) >= 11 is 0. The highest BCUT2D eigenvalue weighted by atomic mass is 16.6. The lowest BCUT2D eigenvalue weighted by Gasteiger charge is -2.18. The molecule has 0 aliphatic carbocycles. The van der Waals surface area contributed by atoms with Gasteiger partial charge in [-0.25, -0.2) is 0 Å². The Kier molecular flexibility index (Phi) is 4.59. The monoisotopic (exact) mass is 252 g/mol. The number of nitro groups is 1. The van der Waals surface area contributed by atoms with Gasteiger partial charge < -0.3 is 14.9 Å². The Morgan fingerprint density at radius 3 is 2.72 bits per heavy atom. The lowest BCUT2D eigenvalue weighted by Crippen LogP contribution is -2.18. The van der Waals surface area contributed by atoms with Crippen molar-refractivity contribution >= 4 is 5.69 Å². The van der Waals surface area contributed by atoms with E-state index in [9.17, 15) is 20.3 Å². The zero-order valence-corrected chi connectivity index (χ0v) is 9.61. The molecule has 0 aliphatic heterocycles. The first-order valence-corrected chi connectivity index (χ1v) is 5.06. The number of hydrogen-bond acceptors (Lipinski definition) is 6. The predicted molar refractivity (Wildman–Crippen MR) is 60.8 cm³/mol. The van der Waals surface area contributed by atoms with Crippen LogP contribution in [0.3, 0.4) is 0 Å². The van der Waals surface area contributed by atoms with Crippen molar-refractivity contribution < 1.29 is 19.9 Å². The average Bonchev–Trinajstić information content (AvgIpc) is 2.37. The number of non-ortho nitro benzene ring substituents is 1. The summed E-state index contributed by atoms with van der Waals surface area (Å²) in [5, 5.41) is 38.3. The van der Waals surface area contributed by atoms with E-state index < -0.39 is 17.1 Å². The first-order chi connectivity index (χ1) is 8.51. The van der Waals surface area contributed by atoms with Gasteiger partial charge >= 0.3 is 0 Å². The van der Waals surface area contributed by atoms with Gasteiger partial charge in [0.25, 0.3) is 5.69 Å². The van der Waals surface area contributed by atoms with E-state index >= 15 is 0 Å². The van der Waals surface area contributed by atoms with Gasteiger partial charge in [-0.05, 0) is 6.07 Å². The molecule has 1 aromatic carbocycles. The van der Waals surface area contributed by atoms with E-state index in [0.717, 1.165) is 6.07 Å². The summed E-state index contributed by atoms with van der Waals surface area (Å²) in [6.45, 7) is 0. The van der Waals surface area contributed by atoms with Crippen LogP contribution in [0.4, 0.5) is 5.69 Å². The number of methoxy groups -OCH3 is 1. The van der Waals surface area contributed by atoms with E-state index in [0.29, 0.717) is 0 Å². The highest BCUT2D eigenvalue weighted by Gasteiger charge is 2.23. The summed E-state index contributed by atoms with van der Waals surface area (Å²) in [6, 6.07) is 5.37. The van der Waals surface area contributed by atoms with Gasteiger partial charge in [0.2, 0.25) is 0 Å². The second kappa shape index (κ2) is 5.95. The van der Waals surface area contributed by atoms with Gasteiger partial charge in [0.15, 0.2) is 0 Å². The van der Waals surface area contributed by atoms with Crippen molar-refractivity contribution in [1.29, 1.82) is 5.26 Å². The normalized spacial score (nSPS) is 13.4. The van der Waals surface area contributed by atoms with Crippen LogP contribution in [-0.4, -0.2) is 28.4 Å². The second-order valence-electron chi connectivity index (χ2n) is 3.56. The van der Waals surface area contributed by atoms with Crippen LogP contribution in [-0.2, 0) is 0 Å². The minimum Gasteiger partial charge on any atom is -0.496 e. The summed E-state index contributed by atoms with van der Waals surface area (Å²) < 4.78 is 4.93. The number of aliphatic hydroxyl groups is 2. The molecule has 0 aromatic heterocycles. The van der Waals surface area contributed by atoms with E-state index in [1.165, 1.54) is 19.2 Å². The summed E-state index contributed by atoms with van der Waals surface area (Å²) in [7, 11) is 1.30. The maximum atomic E-state index is 10.6. The lowest BCUT2D eigenvalue weighted by atomic mass is 10.0. The molecule has 0 bridgehead atoms. The number of aliphatic hydroxyl groups excluding tert-OH is 2. The molecule has 0 fully saturated rings. The number of nitriles is 1. The zero-order valence-electron chi connectivity index (χ0n) is 9.61. The zero-order chi connectivity index (χ0) is 13.7. The molecular weight excluding hydrogens is 240 g/mol. The fourth-order valence-electron chi connectivity index (χ4n) is 1.47. The van der Waals surface area contributed by atoms with Crippen LogP contribution in [0.1, 0.15) is 18.1 Å². The smallest absolute Gasteiger partial charge is 0.273 e. The molecule has 0 saturated carbocycles. The summed E-state index contributed by atoms with van der Waals surface area (Å²) in [5.74, 6) is 0.0914. The Morgan fingerprint density at radius 2 is 2.22 bits per heavy atom. The molecular formula is C11H12N2O5. The highest BCUT2D eigenvalue weighted by molar-refractivity contribution is 5.45. The molecule has 18 heavy (non-hydrogen) atoms. The molecule has 0 aliphatic rings. The van der Waals surface area contributed by atoms with Crippen LogP contribution >= 0.6 is 0 Å². The molecule has 1 rings (SSSR count). The molecule has 0 amide bonds. The lowest BCUT2D eigenvalue weighted by molar-refractivity contribution is -0.385. The third-order valence-corrected chi connectivity index (χ3v) is 2.41. The van der Waals surface area contributed by atoms with E-state index in [1.54, 1.807) is 6.07 Å². The Balaban J connectivity index is 3.09. The van der Waals surface area contributed by atoms with Crippen molar-refractivity contribution in [1.82, 2.24) is 0 Å². The van der Waals surface area contributed by atoms with Crippen molar-refractivity contribution in [2.24, 2.45) is 0 Å². The van der Waals surface area contributed by atoms with Crippen LogP contribution in [0, 0.1) is 21.4 Å². The van der Waals surface area contributed by atoms with E-state index in [2.05, 4.69) is 0 Å². The van der Waals surface area contributed by atoms with Crippen LogP contribution in [0.15, 0.2) is 18.2 Å². The third kappa shape index (κ3) is 2.94. The number of hydrogen-bond donors (Lipinski definition) is 2. The van der Waals surface area contributed by atoms with Gasteiger partial charge in [0.1, 0.15) is 11.9 Å². The Hall–Kier alpha value is -2.17. The van der Waals surface area contributed by atoms with E-state index in [1.807, 2.05) is 0 Å². The summed E-state index contributed by atoms with van der Waals surface area (Å²) in [4.78, 5) is 9.99. The number of rotatable bonds is 5. The maximum Gasteiger partial charge on any atom is 0.273 e. The van der Waals surface area contributed by atoms with Gasteiger partial charge in [0, 0.05) is 11.6 Å². The fraction of sp³-hybridized carbons (Fsp3) is 0.364. The first kappa shape index (κ1) is 13.9. The molecule has 0 saturated heterocycles. The topological polar surface area (TPSA) is 117 Å². The molecule has 0 heterocycles. The van der Waals surface area contributed by atoms with Crippen molar-refractivity contribution in [3.63, 3.8) is 0 Å². The van der Waals surface area contributed by atoms with Crippen molar-refractivity contribution in [2.45, 2.75) is 18.6 Å². The Bertz CT molecular complexity index is 483. The standard InChI is InChI=1S/C11H12N2O5/c1-18-10-6-7(13(16)17)2-3-8(10)11(15)9(14)4-5-12/h2-3,6,9,11,14-15H,4H2,1H3. The average molecular weight is 252 g/mol. The van der Waals surface area contributed by atoms with E-state index in [-0.39, 0.29) is 23.4 Å². The molecule has 96 valence electrons. The number of nitrogens with zero attached hydrogens (tertiary/aromatic N) is 2. The predicted octanol–water partition coefficient (Wildman–Crippen LogP) is 0.911. The van der Waals surface area contributed by atoms with Crippen molar-refractivity contribution in [2.75, 3.05) is 7.11 Å². The number of ether oxygens (including phenoxy) is 1. The maximum absolute atomic E-state index is 10.6. The van der Waals surface area contributed by atoms with Gasteiger partial charge in [-0.2, -0.15) is 5.26 Å². The summed E-state index contributed by atoms with van der Waals surface area (Å²) in [6.07, 6.45) is -2.85. The Morgan fingerprint density at radius 1 is 1.56 bits per heavy atom. The minimum absolute atomic E-state index is 0.0914. The molecule has 0 radical (unpaired) electrons. The quantitative estimate of drug-likeness (QED) is 0.594. The molecule has 7 heteroatoms. The molecule has 0 spiro atoms. The third-order valence-electron chi connectivity index (χ3n) is 2.41.